The maximum absolute atomic E-state index is 9.65. The number of aliphatic hydroxyl groups excluding tert-OH is 1. The second kappa shape index (κ2) is 5.80. The molecule has 0 aliphatic rings. The number of hydrogen-bond donors (Lipinski definition) is 2. The Morgan fingerprint density at radius 1 is 1.38 bits per heavy atom. The topological polar surface area (TPSA) is 58.0 Å². The van der Waals surface area contributed by atoms with Crippen LogP contribution in [0.2, 0.25) is 0 Å². The first-order valence-corrected chi connectivity index (χ1v) is 5.73. The van der Waals surface area contributed by atoms with Crippen LogP contribution in [0.3, 0.4) is 0 Å². The van der Waals surface area contributed by atoms with Crippen molar-refractivity contribution < 1.29 is 5.11 Å². The van der Waals surface area contributed by atoms with Crippen LogP contribution in [0.15, 0.2) is 6.20 Å². The lowest BCUT2D eigenvalue weighted by molar-refractivity contribution is 0.120. The van der Waals surface area contributed by atoms with Crippen molar-refractivity contribution in [3.63, 3.8) is 0 Å². The molecule has 0 radical (unpaired) electrons. The molecule has 1 aromatic rings. The molecule has 0 amide bonds. The van der Waals surface area contributed by atoms with Crippen LogP contribution in [0.5, 0.6) is 0 Å². The Morgan fingerprint density at radius 2 is 2.06 bits per heavy atom. The molecule has 0 aliphatic carbocycles. The molecule has 0 saturated heterocycles. The zero-order valence-electron chi connectivity index (χ0n) is 10.5. The zero-order valence-corrected chi connectivity index (χ0v) is 10.5. The second-order valence-corrected chi connectivity index (χ2v) is 4.47. The van der Waals surface area contributed by atoms with Gasteiger partial charge in [0.15, 0.2) is 0 Å². The van der Waals surface area contributed by atoms with E-state index in [1.54, 1.807) is 6.20 Å². The molecule has 2 N–H and O–H groups in total. The van der Waals surface area contributed by atoms with Gasteiger partial charge in [0.2, 0.25) is 0 Å². The molecule has 4 nitrogen and oxygen atoms in total. The van der Waals surface area contributed by atoms with Crippen LogP contribution in [0, 0.1) is 19.8 Å². The van der Waals surface area contributed by atoms with Crippen molar-refractivity contribution in [2.45, 2.75) is 40.2 Å². The van der Waals surface area contributed by atoms with Gasteiger partial charge in [-0.05, 0) is 26.2 Å². The molecule has 0 fully saturated rings. The number of hydrogen-bond acceptors (Lipinski definition) is 4. The Hall–Kier alpha value is -1.16. The van der Waals surface area contributed by atoms with Gasteiger partial charge < -0.3 is 10.4 Å². The van der Waals surface area contributed by atoms with Crippen LogP contribution in [0.25, 0.3) is 0 Å². The van der Waals surface area contributed by atoms with Crippen LogP contribution < -0.4 is 5.32 Å². The molecule has 4 heteroatoms. The first kappa shape index (κ1) is 12.9. The van der Waals surface area contributed by atoms with E-state index in [1.165, 1.54) is 0 Å². The van der Waals surface area contributed by atoms with Crippen LogP contribution in [-0.2, 0) is 0 Å². The minimum atomic E-state index is -0.259. The molecule has 1 atom stereocenters. The van der Waals surface area contributed by atoms with Gasteiger partial charge in [-0.25, -0.2) is 4.98 Å². The van der Waals surface area contributed by atoms with E-state index in [0.717, 1.165) is 30.2 Å². The second-order valence-electron chi connectivity index (χ2n) is 4.47. The van der Waals surface area contributed by atoms with Crippen LogP contribution in [-0.4, -0.2) is 27.7 Å². The van der Waals surface area contributed by atoms with Crippen molar-refractivity contribution in [2.75, 3.05) is 11.9 Å². The summed E-state index contributed by atoms with van der Waals surface area (Å²) in [6.45, 7) is 8.59. The first-order chi connectivity index (χ1) is 7.50. The third-order valence-electron chi connectivity index (χ3n) is 2.58. The Kier molecular flexibility index (Phi) is 4.68. The molecule has 1 aromatic heterocycles. The number of aromatic nitrogens is 2. The van der Waals surface area contributed by atoms with Gasteiger partial charge in [0.05, 0.1) is 17.5 Å². The van der Waals surface area contributed by atoms with Gasteiger partial charge in [-0.2, -0.15) is 0 Å². The van der Waals surface area contributed by atoms with E-state index in [2.05, 4.69) is 15.3 Å². The number of aliphatic hydroxyl groups is 1. The lowest BCUT2D eigenvalue weighted by atomic mass is 10.0. The monoisotopic (exact) mass is 223 g/mol. The summed E-state index contributed by atoms with van der Waals surface area (Å²) >= 11 is 0. The average molecular weight is 223 g/mol. The van der Waals surface area contributed by atoms with Gasteiger partial charge in [0.1, 0.15) is 5.82 Å². The molecule has 0 aliphatic heterocycles. The van der Waals surface area contributed by atoms with Crippen molar-refractivity contribution in [3.05, 3.63) is 17.6 Å². The van der Waals surface area contributed by atoms with Crippen molar-refractivity contribution in [3.8, 4) is 0 Å². The van der Waals surface area contributed by atoms with Crippen molar-refractivity contribution in [1.82, 2.24) is 9.97 Å². The Labute approximate surface area is 97.1 Å². The molecule has 0 bridgehead atoms. The van der Waals surface area contributed by atoms with Crippen LogP contribution in [0.4, 0.5) is 5.82 Å². The summed E-state index contributed by atoms with van der Waals surface area (Å²) < 4.78 is 0. The maximum atomic E-state index is 9.65. The molecule has 90 valence electrons. The SMILES string of the molecule is Cc1cnc(C)c(NCC[C@@H](O)C(C)C)n1. The largest absolute Gasteiger partial charge is 0.393 e. The van der Waals surface area contributed by atoms with E-state index in [-0.39, 0.29) is 6.10 Å². The molecule has 1 heterocycles. The lowest BCUT2D eigenvalue weighted by Crippen LogP contribution is -2.19. The highest BCUT2D eigenvalue weighted by Gasteiger charge is 2.09. The minimum absolute atomic E-state index is 0.259. The molecular weight excluding hydrogens is 202 g/mol. The third-order valence-corrected chi connectivity index (χ3v) is 2.58. The smallest absolute Gasteiger partial charge is 0.147 e. The molecular formula is C12H21N3O. The fourth-order valence-corrected chi connectivity index (χ4v) is 1.38. The van der Waals surface area contributed by atoms with Crippen molar-refractivity contribution in [1.29, 1.82) is 0 Å². The summed E-state index contributed by atoms with van der Waals surface area (Å²) in [6, 6.07) is 0. The van der Waals surface area contributed by atoms with Crippen molar-refractivity contribution in [2.24, 2.45) is 5.92 Å². The van der Waals surface area contributed by atoms with E-state index < -0.39 is 0 Å². The predicted molar refractivity (Wildman–Crippen MR) is 65.5 cm³/mol. The average Bonchev–Trinajstić information content (AvgIpc) is 2.22. The molecule has 0 spiro atoms. The predicted octanol–water partition coefficient (Wildman–Crippen LogP) is 1.91. The van der Waals surface area contributed by atoms with E-state index in [1.807, 2.05) is 27.7 Å². The highest BCUT2D eigenvalue weighted by Crippen LogP contribution is 2.10. The number of nitrogens with one attached hydrogen (secondary N) is 1. The number of aryl methyl sites for hydroxylation is 2. The fourth-order valence-electron chi connectivity index (χ4n) is 1.38. The van der Waals surface area contributed by atoms with E-state index >= 15 is 0 Å². The molecule has 16 heavy (non-hydrogen) atoms. The Balaban J connectivity index is 2.45. The van der Waals surface area contributed by atoms with Gasteiger partial charge in [0.25, 0.3) is 0 Å². The van der Waals surface area contributed by atoms with Gasteiger partial charge >= 0.3 is 0 Å². The number of nitrogens with zero attached hydrogens (tertiary/aromatic N) is 2. The maximum Gasteiger partial charge on any atom is 0.147 e. The number of anilines is 1. The Bertz CT molecular complexity index is 339. The Morgan fingerprint density at radius 3 is 2.69 bits per heavy atom. The fraction of sp³-hybridized carbons (Fsp3) is 0.667. The van der Waals surface area contributed by atoms with E-state index in [9.17, 15) is 5.11 Å². The van der Waals surface area contributed by atoms with E-state index in [0.29, 0.717) is 5.92 Å². The summed E-state index contributed by atoms with van der Waals surface area (Å²) in [6.07, 6.45) is 2.22. The quantitative estimate of drug-likeness (QED) is 0.800. The standard InChI is InChI=1S/C12H21N3O/c1-8(2)11(16)5-6-13-12-10(4)14-7-9(3)15-12/h7-8,11,16H,5-6H2,1-4H3,(H,13,15)/t11-/m1/s1. The molecule has 1 rings (SSSR count). The summed E-state index contributed by atoms with van der Waals surface area (Å²) in [5.74, 6) is 1.11. The highest BCUT2D eigenvalue weighted by molar-refractivity contribution is 5.39. The van der Waals surface area contributed by atoms with Gasteiger partial charge in [0, 0.05) is 12.7 Å². The number of rotatable bonds is 5. The summed E-state index contributed by atoms with van der Waals surface area (Å²) in [7, 11) is 0. The highest BCUT2D eigenvalue weighted by atomic mass is 16.3. The summed E-state index contributed by atoms with van der Waals surface area (Å²) in [5, 5.41) is 12.9. The van der Waals surface area contributed by atoms with Gasteiger partial charge in [-0.3, -0.25) is 4.98 Å². The van der Waals surface area contributed by atoms with Gasteiger partial charge in [-0.15, -0.1) is 0 Å². The van der Waals surface area contributed by atoms with Crippen molar-refractivity contribution >= 4 is 5.82 Å². The van der Waals surface area contributed by atoms with Crippen LogP contribution in [0.1, 0.15) is 31.7 Å². The molecule has 0 saturated carbocycles. The normalized spacial score (nSPS) is 12.9. The van der Waals surface area contributed by atoms with E-state index in [4.69, 9.17) is 0 Å². The minimum Gasteiger partial charge on any atom is -0.393 e. The molecule has 0 aromatic carbocycles. The van der Waals surface area contributed by atoms with Gasteiger partial charge in [-0.1, -0.05) is 13.8 Å². The zero-order chi connectivity index (χ0) is 12.1. The lowest BCUT2D eigenvalue weighted by Gasteiger charge is -2.15. The molecule has 0 unspecified atom stereocenters. The summed E-state index contributed by atoms with van der Waals surface area (Å²) in [4.78, 5) is 8.58. The third kappa shape index (κ3) is 3.77. The van der Waals surface area contributed by atoms with Crippen LogP contribution >= 0.6 is 0 Å². The first-order valence-electron chi connectivity index (χ1n) is 5.73. The summed E-state index contributed by atoms with van der Waals surface area (Å²) in [5.41, 5.74) is 1.79.